The van der Waals surface area contributed by atoms with Crippen LogP contribution in [-0.4, -0.2) is 16.6 Å². The molecule has 0 amide bonds. The topological polar surface area (TPSA) is 75.3 Å². The molecule has 1 unspecified atom stereocenters. The summed E-state index contributed by atoms with van der Waals surface area (Å²) >= 11 is 0. The summed E-state index contributed by atoms with van der Waals surface area (Å²) in [6.45, 7) is 4.75. The van der Waals surface area contributed by atoms with Gasteiger partial charge in [-0.25, -0.2) is 4.99 Å². The zero-order chi connectivity index (χ0) is 16.3. The summed E-state index contributed by atoms with van der Waals surface area (Å²) in [6.07, 6.45) is 8.02. The van der Waals surface area contributed by atoms with E-state index in [9.17, 15) is 0 Å². The molecule has 4 N–H and O–H groups in total. The molecule has 0 aromatic carbocycles. The van der Waals surface area contributed by atoms with Crippen molar-refractivity contribution in [1.82, 2.24) is 15.6 Å². The summed E-state index contributed by atoms with van der Waals surface area (Å²) in [5.74, 6) is 1.22. The third-order valence-electron chi connectivity index (χ3n) is 5.19. The molecule has 1 aliphatic heterocycles. The van der Waals surface area contributed by atoms with Gasteiger partial charge in [0.15, 0.2) is 5.96 Å². The first-order valence-electron chi connectivity index (χ1n) is 8.56. The Morgan fingerprint density at radius 2 is 2.04 bits per heavy atom. The number of nitrogens with zero attached hydrogens (tertiary/aromatic N) is 2. The summed E-state index contributed by atoms with van der Waals surface area (Å²) in [7, 11) is 0. The lowest BCUT2D eigenvalue weighted by molar-refractivity contribution is 0.215. The number of guanidine groups is 1. The SMILES string of the molecule is CC1=C(C)C(N)(C2CCCCC2)NC(=NCc2ccccn2)N1. The molecule has 1 atom stereocenters. The van der Waals surface area contributed by atoms with Gasteiger partial charge in [-0.05, 0) is 50.3 Å². The molecule has 1 aliphatic carbocycles. The molecule has 124 valence electrons. The Kier molecular flexibility index (Phi) is 4.66. The molecule has 5 heteroatoms. The Morgan fingerprint density at radius 1 is 1.26 bits per heavy atom. The Morgan fingerprint density at radius 3 is 2.74 bits per heavy atom. The van der Waals surface area contributed by atoms with Gasteiger partial charge in [-0.15, -0.1) is 0 Å². The highest BCUT2D eigenvalue weighted by Gasteiger charge is 2.41. The Hall–Kier alpha value is -1.88. The lowest BCUT2D eigenvalue weighted by Gasteiger charge is -2.45. The maximum absolute atomic E-state index is 6.82. The summed E-state index contributed by atoms with van der Waals surface area (Å²) in [4.78, 5) is 8.96. The summed E-state index contributed by atoms with van der Waals surface area (Å²) in [5, 5.41) is 6.82. The van der Waals surface area contributed by atoms with Crippen LogP contribution < -0.4 is 16.4 Å². The summed E-state index contributed by atoms with van der Waals surface area (Å²) in [5.41, 5.74) is 9.59. The molecule has 0 saturated heterocycles. The first kappa shape index (κ1) is 16.0. The zero-order valence-electron chi connectivity index (χ0n) is 14.1. The van der Waals surface area contributed by atoms with Gasteiger partial charge in [0.25, 0.3) is 0 Å². The van der Waals surface area contributed by atoms with Gasteiger partial charge in [0.05, 0.1) is 12.2 Å². The average Bonchev–Trinajstić information content (AvgIpc) is 2.59. The Labute approximate surface area is 138 Å². The number of nitrogens with two attached hydrogens (primary N) is 1. The standard InChI is InChI=1S/C18H27N5/c1-13-14(2)22-17(21-12-16-10-6-7-11-20-16)23-18(13,19)15-8-4-3-5-9-15/h6-7,10-11,15H,3-5,8-9,12,19H2,1-2H3,(H2,21,22,23). The van der Waals surface area contributed by atoms with Gasteiger partial charge < -0.3 is 16.4 Å². The smallest absolute Gasteiger partial charge is 0.197 e. The van der Waals surface area contributed by atoms with Crippen LogP contribution in [0.3, 0.4) is 0 Å². The minimum absolute atomic E-state index is 0.466. The number of hydrogen-bond donors (Lipinski definition) is 3. The number of aliphatic imine (C=N–C) groups is 1. The predicted molar refractivity (Wildman–Crippen MR) is 93.5 cm³/mol. The maximum Gasteiger partial charge on any atom is 0.197 e. The van der Waals surface area contributed by atoms with E-state index in [1.165, 1.54) is 37.7 Å². The number of allylic oxidation sites excluding steroid dienone is 1. The van der Waals surface area contributed by atoms with Crippen molar-refractivity contribution in [2.75, 3.05) is 0 Å². The molecule has 1 aromatic rings. The first-order valence-corrected chi connectivity index (χ1v) is 8.56. The van der Waals surface area contributed by atoms with Crippen molar-refractivity contribution in [3.05, 3.63) is 41.4 Å². The Balaban J connectivity index is 1.80. The van der Waals surface area contributed by atoms with E-state index >= 15 is 0 Å². The maximum atomic E-state index is 6.82. The number of aromatic nitrogens is 1. The number of pyridine rings is 1. The van der Waals surface area contributed by atoms with Crippen molar-refractivity contribution < 1.29 is 0 Å². The highest BCUT2D eigenvalue weighted by atomic mass is 15.3. The fourth-order valence-corrected chi connectivity index (χ4v) is 3.60. The predicted octanol–water partition coefficient (Wildman–Crippen LogP) is 2.66. The molecular weight excluding hydrogens is 286 g/mol. The van der Waals surface area contributed by atoms with Gasteiger partial charge >= 0.3 is 0 Å². The van der Waals surface area contributed by atoms with Crippen molar-refractivity contribution in [3.63, 3.8) is 0 Å². The number of rotatable bonds is 3. The van der Waals surface area contributed by atoms with Crippen LogP contribution in [0.1, 0.15) is 51.6 Å². The van der Waals surface area contributed by atoms with Crippen LogP contribution in [0.4, 0.5) is 0 Å². The van der Waals surface area contributed by atoms with E-state index in [-0.39, 0.29) is 0 Å². The van der Waals surface area contributed by atoms with E-state index in [2.05, 4.69) is 34.5 Å². The third-order valence-corrected chi connectivity index (χ3v) is 5.19. The molecule has 1 saturated carbocycles. The van der Waals surface area contributed by atoms with Crippen LogP contribution in [-0.2, 0) is 6.54 Å². The van der Waals surface area contributed by atoms with E-state index in [0.717, 1.165) is 17.4 Å². The molecule has 5 nitrogen and oxygen atoms in total. The lowest BCUT2D eigenvalue weighted by Crippen LogP contribution is -2.67. The highest BCUT2D eigenvalue weighted by Crippen LogP contribution is 2.35. The van der Waals surface area contributed by atoms with Crippen LogP contribution in [0.5, 0.6) is 0 Å². The summed E-state index contributed by atoms with van der Waals surface area (Å²) in [6, 6.07) is 5.88. The average molecular weight is 313 g/mol. The van der Waals surface area contributed by atoms with Crippen molar-refractivity contribution in [2.24, 2.45) is 16.6 Å². The first-order chi connectivity index (χ1) is 11.1. The van der Waals surface area contributed by atoms with Gasteiger partial charge in [0.2, 0.25) is 0 Å². The van der Waals surface area contributed by atoms with Crippen molar-refractivity contribution in [2.45, 2.75) is 58.2 Å². The molecule has 1 aromatic heterocycles. The van der Waals surface area contributed by atoms with Gasteiger partial charge in [0.1, 0.15) is 5.66 Å². The molecule has 23 heavy (non-hydrogen) atoms. The molecular formula is C18H27N5. The quantitative estimate of drug-likeness (QED) is 0.802. The van der Waals surface area contributed by atoms with Crippen molar-refractivity contribution >= 4 is 5.96 Å². The van der Waals surface area contributed by atoms with Gasteiger partial charge in [-0.1, -0.05) is 25.3 Å². The molecule has 2 aliphatic rings. The third kappa shape index (κ3) is 3.39. The number of nitrogens with one attached hydrogen (secondary N) is 2. The van der Waals surface area contributed by atoms with E-state index < -0.39 is 5.66 Å². The highest BCUT2D eigenvalue weighted by molar-refractivity contribution is 5.84. The molecule has 0 radical (unpaired) electrons. The second-order valence-electron chi connectivity index (χ2n) is 6.69. The molecule has 2 heterocycles. The molecule has 3 rings (SSSR count). The second-order valence-corrected chi connectivity index (χ2v) is 6.69. The number of hydrogen-bond acceptors (Lipinski definition) is 3. The van der Waals surface area contributed by atoms with Crippen LogP contribution >= 0.6 is 0 Å². The van der Waals surface area contributed by atoms with Crippen molar-refractivity contribution in [3.8, 4) is 0 Å². The monoisotopic (exact) mass is 313 g/mol. The fourth-order valence-electron chi connectivity index (χ4n) is 3.60. The van der Waals surface area contributed by atoms with Gasteiger partial charge in [0, 0.05) is 11.9 Å². The van der Waals surface area contributed by atoms with Crippen molar-refractivity contribution in [1.29, 1.82) is 0 Å². The second kappa shape index (κ2) is 6.71. The van der Waals surface area contributed by atoms with Crippen LogP contribution in [0, 0.1) is 5.92 Å². The fraction of sp³-hybridized carbons (Fsp3) is 0.556. The molecule has 0 spiro atoms. The zero-order valence-corrected chi connectivity index (χ0v) is 14.1. The van der Waals surface area contributed by atoms with Crippen LogP contribution in [0.2, 0.25) is 0 Å². The van der Waals surface area contributed by atoms with E-state index in [4.69, 9.17) is 5.73 Å². The normalized spacial score (nSPS) is 27.7. The lowest BCUT2D eigenvalue weighted by atomic mass is 9.76. The Bertz CT molecular complexity index is 601. The van der Waals surface area contributed by atoms with Crippen LogP contribution in [0.15, 0.2) is 40.7 Å². The minimum Gasteiger partial charge on any atom is -0.334 e. The van der Waals surface area contributed by atoms with E-state index in [1.54, 1.807) is 6.20 Å². The molecule has 0 bridgehead atoms. The van der Waals surface area contributed by atoms with E-state index in [0.29, 0.717) is 12.5 Å². The summed E-state index contributed by atoms with van der Waals surface area (Å²) < 4.78 is 0. The van der Waals surface area contributed by atoms with Crippen LogP contribution in [0.25, 0.3) is 0 Å². The minimum atomic E-state index is -0.487. The van der Waals surface area contributed by atoms with Gasteiger partial charge in [-0.3, -0.25) is 4.98 Å². The van der Waals surface area contributed by atoms with E-state index in [1.807, 2.05) is 18.2 Å². The largest absolute Gasteiger partial charge is 0.334 e. The molecule has 1 fully saturated rings. The van der Waals surface area contributed by atoms with Gasteiger partial charge in [-0.2, -0.15) is 0 Å².